The van der Waals surface area contributed by atoms with Crippen molar-refractivity contribution in [1.82, 2.24) is 9.97 Å². The third-order valence-corrected chi connectivity index (χ3v) is 5.18. The molecule has 29 heavy (non-hydrogen) atoms. The highest BCUT2D eigenvalue weighted by molar-refractivity contribution is 5.86. The second-order valence-electron chi connectivity index (χ2n) is 7.12. The predicted molar refractivity (Wildman–Crippen MR) is 117 cm³/mol. The molecule has 0 fully saturated rings. The van der Waals surface area contributed by atoms with Crippen molar-refractivity contribution in [2.45, 2.75) is 19.9 Å². The Kier molecular flexibility index (Phi) is 5.12. The number of para-hydroxylation sites is 1. The number of rotatable bonds is 6. The number of aromatic amines is 1. The van der Waals surface area contributed by atoms with Crippen LogP contribution in [0.3, 0.4) is 0 Å². The average Bonchev–Trinajstić information content (AvgIpc) is 3.07. The smallest absolute Gasteiger partial charge is 0.161 e. The van der Waals surface area contributed by atoms with E-state index in [9.17, 15) is 0 Å². The van der Waals surface area contributed by atoms with Crippen LogP contribution in [0.4, 0.5) is 5.82 Å². The molecule has 0 aliphatic carbocycles. The number of hydrogen-bond donors (Lipinski definition) is 2. The number of aromatic nitrogens is 2. The van der Waals surface area contributed by atoms with E-state index in [1.54, 1.807) is 14.2 Å². The number of pyridine rings is 1. The first kappa shape index (κ1) is 18.9. The van der Waals surface area contributed by atoms with E-state index in [0.29, 0.717) is 11.5 Å². The summed E-state index contributed by atoms with van der Waals surface area (Å²) >= 11 is 0. The average molecular weight is 387 g/mol. The molecule has 2 aromatic carbocycles. The number of H-pyrrole nitrogens is 1. The summed E-state index contributed by atoms with van der Waals surface area (Å²) in [5.41, 5.74) is 5.65. The van der Waals surface area contributed by atoms with Gasteiger partial charge in [0, 0.05) is 28.4 Å². The van der Waals surface area contributed by atoms with Crippen molar-refractivity contribution in [2.24, 2.45) is 0 Å². The van der Waals surface area contributed by atoms with Crippen molar-refractivity contribution >= 4 is 16.7 Å². The second kappa shape index (κ2) is 7.87. The van der Waals surface area contributed by atoms with Crippen LogP contribution in [0.15, 0.2) is 60.8 Å². The lowest BCUT2D eigenvalue weighted by molar-refractivity contribution is 0.354. The number of methoxy groups -OCH3 is 2. The summed E-state index contributed by atoms with van der Waals surface area (Å²) in [6, 6.07) is 18.3. The Balaban J connectivity index is 1.89. The van der Waals surface area contributed by atoms with Gasteiger partial charge in [0.15, 0.2) is 11.5 Å². The van der Waals surface area contributed by atoms with E-state index in [1.165, 1.54) is 10.9 Å². The van der Waals surface area contributed by atoms with Crippen molar-refractivity contribution in [2.75, 3.05) is 19.5 Å². The van der Waals surface area contributed by atoms with Gasteiger partial charge in [0.25, 0.3) is 0 Å². The number of ether oxygens (including phenoxy) is 2. The molecule has 0 saturated carbocycles. The van der Waals surface area contributed by atoms with E-state index in [-0.39, 0.29) is 6.04 Å². The molecule has 0 aliphatic rings. The molecule has 2 N–H and O–H groups in total. The van der Waals surface area contributed by atoms with Crippen LogP contribution < -0.4 is 14.8 Å². The minimum atomic E-state index is -0.111. The quantitative estimate of drug-likeness (QED) is 0.465. The molecule has 5 nitrogen and oxygen atoms in total. The molecule has 0 aliphatic heterocycles. The van der Waals surface area contributed by atoms with Gasteiger partial charge in [-0.05, 0) is 55.3 Å². The van der Waals surface area contributed by atoms with E-state index in [0.717, 1.165) is 28.2 Å². The Labute approximate surface area is 170 Å². The van der Waals surface area contributed by atoms with Crippen LogP contribution in [-0.2, 0) is 0 Å². The van der Waals surface area contributed by atoms with Gasteiger partial charge in [-0.15, -0.1) is 0 Å². The lowest BCUT2D eigenvalue weighted by Crippen LogP contribution is -2.14. The minimum Gasteiger partial charge on any atom is -0.493 e. The van der Waals surface area contributed by atoms with Crippen LogP contribution >= 0.6 is 0 Å². The molecule has 4 aromatic rings. The summed E-state index contributed by atoms with van der Waals surface area (Å²) < 4.78 is 11.0. The van der Waals surface area contributed by atoms with E-state index < -0.39 is 0 Å². The second-order valence-corrected chi connectivity index (χ2v) is 7.12. The van der Waals surface area contributed by atoms with Gasteiger partial charge in [-0.25, -0.2) is 4.98 Å². The third kappa shape index (κ3) is 3.63. The van der Waals surface area contributed by atoms with Crippen LogP contribution in [-0.4, -0.2) is 24.2 Å². The van der Waals surface area contributed by atoms with Gasteiger partial charge in [0.1, 0.15) is 5.82 Å². The highest BCUT2D eigenvalue weighted by Gasteiger charge is 2.22. The first-order chi connectivity index (χ1) is 14.1. The largest absolute Gasteiger partial charge is 0.493 e. The van der Waals surface area contributed by atoms with Crippen LogP contribution in [0.25, 0.3) is 10.9 Å². The molecular weight excluding hydrogens is 362 g/mol. The molecule has 0 saturated heterocycles. The zero-order chi connectivity index (χ0) is 20.4. The molecule has 1 atom stereocenters. The van der Waals surface area contributed by atoms with E-state index in [2.05, 4.69) is 59.5 Å². The zero-order valence-corrected chi connectivity index (χ0v) is 17.1. The van der Waals surface area contributed by atoms with Gasteiger partial charge in [-0.3, -0.25) is 0 Å². The molecule has 0 bridgehead atoms. The van der Waals surface area contributed by atoms with Crippen molar-refractivity contribution in [1.29, 1.82) is 0 Å². The number of fused-ring (bicyclic) bond motifs is 1. The van der Waals surface area contributed by atoms with Crippen molar-refractivity contribution in [3.05, 3.63) is 83.2 Å². The zero-order valence-electron chi connectivity index (χ0n) is 17.1. The number of nitrogens with one attached hydrogen (secondary N) is 2. The number of nitrogens with zero attached hydrogens (tertiary/aromatic N) is 1. The predicted octanol–water partition coefficient (Wildman–Crippen LogP) is 5.40. The van der Waals surface area contributed by atoms with E-state index >= 15 is 0 Å². The van der Waals surface area contributed by atoms with Gasteiger partial charge in [-0.1, -0.05) is 24.3 Å². The molecule has 0 spiro atoms. The van der Waals surface area contributed by atoms with Crippen LogP contribution in [0, 0.1) is 13.8 Å². The third-order valence-electron chi connectivity index (χ3n) is 5.18. The van der Waals surface area contributed by atoms with Gasteiger partial charge < -0.3 is 19.8 Å². The van der Waals surface area contributed by atoms with E-state index in [1.807, 2.05) is 30.5 Å². The Morgan fingerprint density at radius 2 is 1.72 bits per heavy atom. The fourth-order valence-electron chi connectivity index (χ4n) is 3.79. The molecule has 4 rings (SSSR count). The number of aryl methyl sites for hydroxylation is 2. The molecule has 2 aromatic heterocycles. The molecule has 5 heteroatoms. The topological polar surface area (TPSA) is 59.2 Å². The lowest BCUT2D eigenvalue weighted by Gasteiger charge is -2.22. The molecule has 0 radical (unpaired) electrons. The van der Waals surface area contributed by atoms with Gasteiger partial charge in [0.2, 0.25) is 0 Å². The van der Waals surface area contributed by atoms with Crippen LogP contribution in [0.2, 0.25) is 0 Å². The first-order valence-corrected chi connectivity index (χ1v) is 9.59. The summed E-state index contributed by atoms with van der Waals surface area (Å²) in [7, 11) is 3.30. The molecular formula is C24H25N3O2. The molecule has 0 amide bonds. The Morgan fingerprint density at radius 1 is 0.931 bits per heavy atom. The highest BCUT2D eigenvalue weighted by Crippen LogP contribution is 2.37. The van der Waals surface area contributed by atoms with Crippen molar-refractivity contribution < 1.29 is 9.47 Å². The summed E-state index contributed by atoms with van der Waals surface area (Å²) in [5, 5.41) is 4.82. The number of anilines is 1. The van der Waals surface area contributed by atoms with Crippen LogP contribution in [0.5, 0.6) is 11.5 Å². The molecule has 2 heterocycles. The maximum atomic E-state index is 5.56. The van der Waals surface area contributed by atoms with Gasteiger partial charge in [0.05, 0.1) is 20.3 Å². The highest BCUT2D eigenvalue weighted by atomic mass is 16.5. The van der Waals surface area contributed by atoms with Crippen LogP contribution in [0.1, 0.15) is 28.4 Å². The Bertz CT molecular complexity index is 1150. The Hall–Kier alpha value is -3.47. The molecule has 148 valence electrons. The monoisotopic (exact) mass is 387 g/mol. The molecule has 1 unspecified atom stereocenters. The fourth-order valence-corrected chi connectivity index (χ4v) is 3.79. The van der Waals surface area contributed by atoms with Crippen molar-refractivity contribution in [3.8, 4) is 11.5 Å². The maximum absolute atomic E-state index is 5.56. The standard InChI is InChI=1S/C24H25N3O2/c1-15-11-12-25-22(13-15)27-24(17-9-10-20(28-3)21(14-17)29-4)23-16(2)26-19-8-6-5-7-18(19)23/h5-14,24,26H,1-4H3,(H,25,27). The van der Waals surface area contributed by atoms with E-state index in [4.69, 9.17) is 9.47 Å². The summed E-state index contributed by atoms with van der Waals surface area (Å²) in [4.78, 5) is 8.03. The summed E-state index contributed by atoms with van der Waals surface area (Å²) in [6.07, 6.45) is 1.82. The summed E-state index contributed by atoms with van der Waals surface area (Å²) in [6.45, 7) is 4.17. The van der Waals surface area contributed by atoms with Gasteiger partial charge >= 0.3 is 0 Å². The SMILES string of the molecule is COc1ccc(C(Nc2cc(C)ccn2)c2c(C)[nH]c3ccccc23)cc1OC. The minimum absolute atomic E-state index is 0.111. The Morgan fingerprint density at radius 3 is 2.48 bits per heavy atom. The van der Waals surface area contributed by atoms with Gasteiger partial charge in [-0.2, -0.15) is 0 Å². The number of hydrogen-bond acceptors (Lipinski definition) is 4. The summed E-state index contributed by atoms with van der Waals surface area (Å²) in [5.74, 6) is 2.24. The fraction of sp³-hybridized carbons (Fsp3) is 0.208. The maximum Gasteiger partial charge on any atom is 0.161 e. The lowest BCUT2D eigenvalue weighted by atomic mass is 9.95. The normalized spacial score (nSPS) is 12.0. The first-order valence-electron chi connectivity index (χ1n) is 9.59. The number of benzene rings is 2. The van der Waals surface area contributed by atoms with Crippen molar-refractivity contribution in [3.63, 3.8) is 0 Å².